The van der Waals surface area contributed by atoms with Crippen LogP contribution in [0.25, 0.3) is 11.0 Å². The first kappa shape index (κ1) is 18.6. The van der Waals surface area contributed by atoms with E-state index in [0.717, 1.165) is 16.6 Å². The quantitative estimate of drug-likeness (QED) is 0.693. The van der Waals surface area contributed by atoms with Crippen LogP contribution < -0.4 is 19.5 Å². The normalized spacial score (nSPS) is 11.9. The molecule has 3 rings (SSSR count). The third kappa shape index (κ3) is 3.67. The predicted octanol–water partition coefficient (Wildman–Crippen LogP) is 2.94. The number of rotatable bonds is 7. The lowest BCUT2D eigenvalue weighted by atomic mass is 10.1. The third-order valence-corrected chi connectivity index (χ3v) is 4.52. The highest BCUT2D eigenvalue weighted by molar-refractivity contribution is 5.83. The largest absolute Gasteiger partial charge is 0.496 e. The number of amides is 1. The van der Waals surface area contributed by atoms with Crippen molar-refractivity contribution in [3.8, 4) is 17.2 Å². The van der Waals surface area contributed by atoms with Gasteiger partial charge in [0.2, 0.25) is 5.91 Å². The number of benzene rings is 2. The summed E-state index contributed by atoms with van der Waals surface area (Å²) < 4.78 is 17.9. The maximum Gasteiger partial charge on any atom is 0.243 e. The second-order valence-corrected chi connectivity index (χ2v) is 6.05. The first-order valence-corrected chi connectivity index (χ1v) is 8.57. The molecule has 0 aliphatic carbocycles. The van der Waals surface area contributed by atoms with Gasteiger partial charge < -0.3 is 24.1 Å². The van der Waals surface area contributed by atoms with E-state index in [0.29, 0.717) is 23.8 Å². The van der Waals surface area contributed by atoms with E-state index in [1.807, 2.05) is 35.8 Å². The van der Waals surface area contributed by atoms with Crippen molar-refractivity contribution in [2.75, 3.05) is 21.3 Å². The van der Waals surface area contributed by atoms with Crippen LogP contribution in [0.15, 0.2) is 42.7 Å². The Morgan fingerprint density at radius 3 is 2.44 bits per heavy atom. The Hall–Kier alpha value is -3.22. The molecule has 1 heterocycles. The lowest BCUT2D eigenvalue weighted by molar-refractivity contribution is -0.123. The average Bonchev–Trinajstić information content (AvgIpc) is 3.14. The molecule has 2 aromatic carbocycles. The van der Waals surface area contributed by atoms with Crippen LogP contribution in [0.3, 0.4) is 0 Å². The zero-order valence-corrected chi connectivity index (χ0v) is 15.9. The molecule has 0 radical (unpaired) electrons. The van der Waals surface area contributed by atoms with Crippen LogP contribution in [0.4, 0.5) is 0 Å². The molecular formula is C20H23N3O4. The Bertz CT molecular complexity index is 952. The fourth-order valence-electron chi connectivity index (χ4n) is 2.97. The number of carbonyl (C=O) groups excluding carboxylic acids is 1. The van der Waals surface area contributed by atoms with Crippen LogP contribution in [-0.2, 0) is 11.3 Å². The third-order valence-electron chi connectivity index (χ3n) is 4.52. The molecule has 0 aliphatic heterocycles. The van der Waals surface area contributed by atoms with Gasteiger partial charge in [-0.3, -0.25) is 4.79 Å². The minimum absolute atomic E-state index is 0.116. The Balaban J connectivity index is 1.77. The molecule has 1 atom stereocenters. The van der Waals surface area contributed by atoms with Gasteiger partial charge in [0.05, 0.1) is 38.7 Å². The van der Waals surface area contributed by atoms with E-state index in [-0.39, 0.29) is 5.91 Å². The second kappa shape index (κ2) is 7.99. The zero-order chi connectivity index (χ0) is 19.4. The molecule has 0 spiro atoms. The minimum atomic E-state index is -0.400. The molecule has 7 heteroatoms. The number of methoxy groups -OCH3 is 3. The van der Waals surface area contributed by atoms with Crippen LogP contribution in [0.1, 0.15) is 18.5 Å². The number of carbonyl (C=O) groups is 1. The summed E-state index contributed by atoms with van der Waals surface area (Å²) in [6.45, 7) is 2.15. The molecule has 1 aromatic heterocycles. The van der Waals surface area contributed by atoms with E-state index < -0.39 is 6.04 Å². The van der Waals surface area contributed by atoms with Crippen LogP contribution in [0.5, 0.6) is 17.2 Å². The topological polar surface area (TPSA) is 74.6 Å². The van der Waals surface area contributed by atoms with E-state index >= 15 is 0 Å². The molecule has 7 nitrogen and oxygen atoms in total. The maximum absolute atomic E-state index is 12.7. The number of fused-ring (bicyclic) bond motifs is 1. The van der Waals surface area contributed by atoms with E-state index in [1.54, 1.807) is 39.8 Å². The standard InChI is InChI=1S/C20H23N3O4/c1-13(23-12-22-15-7-5-6-8-16(15)23)20(24)21-11-14-9-18(26-3)19(27-4)10-17(14)25-2/h5-10,12-13H,11H2,1-4H3,(H,21,24). The molecule has 0 fully saturated rings. The van der Waals surface area contributed by atoms with E-state index in [1.165, 1.54) is 0 Å². The molecule has 27 heavy (non-hydrogen) atoms. The molecule has 0 saturated carbocycles. The number of nitrogens with one attached hydrogen (secondary N) is 1. The summed E-state index contributed by atoms with van der Waals surface area (Å²) >= 11 is 0. The first-order valence-electron chi connectivity index (χ1n) is 8.57. The molecular weight excluding hydrogens is 346 g/mol. The lowest BCUT2D eigenvalue weighted by Gasteiger charge is -2.17. The maximum atomic E-state index is 12.7. The van der Waals surface area contributed by atoms with Crippen LogP contribution in [0, 0.1) is 0 Å². The molecule has 0 aliphatic rings. The number of imidazole rings is 1. The number of ether oxygens (including phenoxy) is 3. The Morgan fingerprint density at radius 2 is 1.74 bits per heavy atom. The fraction of sp³-hybridized carbons (Fsp3) is 0.300. The fourth-order valence-corrected chi connectivity index (χ4v) is 2.97. The van der Waals surface area contributed by atoms with Gasteiger partial charge in [0.15, 0.2) is 11.5 Å². The Morgan fingerprint density at radius 1 is 1.07 bits per heavy atom. The molecule has 1 amide bonds. The molecule has 0 saturated heterocycles. The highest BCUT2D eigenvalue weighted by Gasteiger charge is 2.18. The van der Waals surface area contributed by atoms with Crippen molar-refractivity contribution in [1.82, 2.24) is 14.9 Å². The highest BCUT2D eigenvalue weighted by atomic mass is 16.5. The summed E-state index contributed by atoms with van der Waals surface area (Å²) in [6, 6.07) is 10.9. The van der Waals surface area contributed by atoms with E-state index in [2.05, 4.69) is 10.3 Å². The summed E-state index contributed by atoms with van der Waals surface area (Å²) in [6.07, 6.45) is 1.69. The molecule has 3 aromatic rings. The van der Waals surface area contributed by atoms with Gasteiger partial charge in [-0.1, -0.05) is 12.1 Å². The van der Waals surface area contributed by atoms with Gasteiger partial charge in [0.1, 0.15) is 11.8 Å². The first-order chi connectivity index (χ1) is 13.1. The molecule has 1 unspecified atom stereocenters. The number of para-hydroxylation sites is 2. The molecule has 142 valence electrons. The monoisotopic (exact) mass is 369 g/mol. The number of hydrogen-bond acceptors (Lipinski definition) is 5. The average molecular weight is 369 g/mol. The molecule has 0 bridgehead atoms. The SMILES string of the molecule is COc1cc(OC)c(OC)cc1CNC(=O)C(C)n1cnc2ccccc21. The van der Waals surface area contributed by atoms with Gasteiger partial charge in [0.25, 0.3) is 0 Å². The van der Waals surface area contributed by atoms with Gasteiger partial charge >= 0.3 is 0 Å². The minimum Gasteiger partial charge on any atom is -0.496 e. The van der Waals surface area contributed by atoms with Gasteiger partial charge in [0, 0.05) is 18.2 Å². The summed E-state index contributed by atoms with van der Waals surface area (Å²) in [4.78, 5) is 17.0. The van der Waals surface area contributed by atoms with Crippen molar-refractivity contribution in [1.29, 1.82) is 0 Å². The van der Waals surface area contributed by atoms with Crippen molar-refractivity contribution in [2.24, 2.45) is 0 Å². The summed E-state index contributed by atoms with van der Waals surface area (Å²) in [5.41, 5.74) is 2.58. The highest BCUT2D eigenvalue weighted by Crippen LogP contribution is 2.34. The number of aromatic nitrogens is 2. The summed E-state index contributed by atoms with van der Waals surface area (Å²) in [5, 5.41) is 2.95. The van der Waals surface area contributed by atoms with E-state index in [4.69, 9.17) is 14.2 Å². The van der Waals surface area contributed by atoms with Crippen molar-refractivity contribution in [3.05, 3.63) is 48.3 Å². The lowest BCUT2D eigenvalue weighted by Crippen LogP contribution is -2.30. The van der Waals surface area contributed by atoms with Gasteiger partial charge in [-0.15, -0.1) is 0 Å². The zero-order valence-electron chi connectivity index (χ0n) is 15.9. The Labute approximate surface area is 157 Å². The molecule has 1 N–H and O–H groups in total. The van der Waals surface area contributed by atoms with Crippen LogP contribution in [-0.4, -0.2) is 36.8 Å². The van der Waals surface area contributed by atoms with Gasteiger partial charge in [-0.25, -0.2) is 4.98 Å². The predicted molar refractivity (Wildman–Crippen MR) is 102 cm³/mol. The number of nitrogens with zero attached hydrogens (tertiary/aromatic N) is 2. The summed E-state index contributed by atoms with van der Waals surface area (Å²) in [7, 11) is 4.71. The van der Waals surface area contributed by atoms with Crippen molar-refractivity contribution >= 4 is 16.9 Å². The number of hydrogen-bond donors (Lipinski definition) is 1. The van der Waals surface area contributed by atoms with Crippen LogP contribution in [0.2, 0.25) is 0 Å². The smallest absolute Gasteiger partial charge is 0.243 e. The summed E-state index contributed by atoms with van der Waals surface area (Å²) in [5.74, 6) is 1.66. The Kier molecular flexibility index (Phi) is 5.49. The van der Waals surface area contributed by atoms with E-state index in [9.17, 15) is 4.79 Å². The van der Waals surface area contributed by atoms with Crippen molar-refractivity contribution < 1.29 is 19.0 Å². The van der Waals surface area contributed by atoms with Crippen LogP contribution >= 0.6 is 0 Å². The van der Waals surface area contributed by atoms with Gasteiger partial charge in [-0.05, 0) is 25.1 Å². The van der Waals surface area contributed by atoms with Crippen molar-refractivity contribution in [3.63, 3.8) is 0 Å². The van der Waals surface area contributed by atoms with Crippen molar-refractivity contribution in [2.45, 2.75) is 19.5 Å². The second-order valence-electron chi connectivity index (χ2n) is 6.05. The van der Waals surface area contributed by atoms with Gasteiger partial charge in [-0.2, -0.15) is 0 Å².